The van der Waals surface area contributed by atoms with Crippen LogP contribution in [-0.4, -0.2) is 0 Å². The minimum Gasteiger partial charge on any atom is -0.381 e. The second-order valence-corrected chi connectivity index (χ2v) is 5.20. The topological polar surface area (TPSA) is 12.0 Å². The Balaban J connectivity index is 2.05. The number of halogens is 1. The summed E-state index contributed by atoms with van der Waals surface area (Å²) in [5.74, 6) is 0. The van der Waals surface area contributed by atoms with Gasteiger partial charge in [-0.2, -0.15) is 11.3 Å². The van der Waals surface area contributed by atoms with Crippen molar-refractivity contribution in [2.24, 2.45) is 0 Å². The summed E-state index contributed by atoms with van der Waals surface area (Å²) < 4.78 is 1.12. The van der Waals surface area contributed by atoms with E-state index >= 15 is 0 Å². The molecule has 0 unspecified atom stereocenters. The molecule has 2 aromatic rings. The Bertz CT molecular complexity index is 417. The number of hydrogen-bond donors (Lipinski definition) is 1. The number of nitrogens with one attached hydrogen (secondary N) is 1. The molecule has 0 aliphatic heterocycles. The third-order valence-corrected chi connectivity index (χ3v) is 3.31. The number of benzene rings is 1. The molecule has 1 aromatic heterocycles. The van der Waals surface area contributed by atoms with Gasteiger partial charge in [0.25, 0.3) is 0 Å². The lowest BCUT2D eigenvalue weighted by atomic mass is 10.2. The van der Waals surface area contributed by atoms with E-state index in [0.717, 1.165) is 16.7 Å². The van der Waals surface area contributed by atoms with Crippen LogP contribution in [0.1, 0.15) is 11.1 Å². The van der Waals surface area contributed by atoms with Crippen molar-refractivity contribution in [3.8, 4) is 0 Å². The first-order valence-electron chi connectivity index (χ1n) is 4.76. The molecular formula is C12H12BrNS. The first-order valence-corrected chi connectivity index (χ1v) is 6.50. The molecule has 0 bridgehead atoms. The predicted octanol–water partition coefficient (Wildman–Crippen LogP) is 4.43. The second kappa shape index (κ2) is 4.81. The molecule has 1 heterocycles. The summed E-state index contributed by atoms with van der Waals surface area (Å²) >= 11 is 5.23. The van der Waals surface area contributed by atoms with Gasteiger partial charge in [-0.3, -0.25) is 0 Å². The van der Waals surface area contributed by atoms with Crippen molar-refractivity contribution in [3.63, 3.8) is 0 Å². The SMILES string of the molecule is Cc1cc(Br)cc(NCc2ccsc2)c1. The smallest absolute Gasteiger partial charge is 0.0409 e. The van der Waals surface area contributed by atoms with E-state index in [-0.39, 0.29) is 0 Å². The molecule has 1 aromatic carbocycles. The van der Waals surface area contributed by atoms with Crippen molar-refractivity contribution < 1.29 is 0 Å². The molecule has 15 heavy (non-hydrogen) atoms. The molecule has 0 aliphatic carbocycles. The van der Waals surface area contributed by atoms with Crippen LogP contribution in [0.25, 0.3) is 0 Å². The average molecular weight is 282 g/mol. The Labute approximate surface area is 102 Å². The van der Waals surface area contributed by atoms with Crippen LogP contribution in [0.15, 0.2) is 39.5 Å². The van der Waals surface area contributed by atoms with Gasteiger partial charge in [0.15, 0.2) is 0 Å². The molecule has 0 spiro atoms. The Morgan fingerprint density at radius 2 is 2.20 bits per heavy atom. The van der Waals surface area contributed by atoms with Crippen LogP contribution in [-0.2, 0) is 6.54 Å². The van der Waals surface area contributed by atoms with Crippen molar-refractivity contribution in [2.45, 2.75) is 13.5 Å². The van der Waals surface area contributed by atoms with Crippen LogP contribution in [0.2, 0.25) is 0 Å². The van der Waals surface area contributed by atoms with E-state index in [1.807, 2.05) is 0 Å². The van der Waals surface area contributed by atoms with Crippen LogP contribution >= 0.6 is 27.3 Å². The third-order valence-electron chi connectivity index (χ3n) is 2.12. The zero-order valence-corrected chi connectivity index (χ0v) is 10.9. The highest BCUT2D eigenvalue weighted by Crippen LogP contribution is 2.19. The fraction of sp³-hybridized carbons (Fsp3) is 0.167. The Hall–Kier alpha value is -0.800. The normalized spacial score (nSPS) is 10.3. The molecule has 2 rings (SSSR count). The lowest BCUT2D eigenvalue weighted by molar-refractivity contribution is 1.16. The molecule has 0 aliphatic rings. The molecule has 1 N–H and O–H groups in total. The Kier molecular flexibility index (Phi) is 3.44. The monoisotopic (exact) mass is 281 g/mol. The number of aryl methyl sites for hydroxylation is 1. The van der Waals surface area contributed by atoms with E-state index in [1.165, 1.54) is 11.1 Å². The molecule has 78 valence electrons. The Morgan fingerprint density at radius 3 is 2.87 bits per heavy atom. The van der Waals surface area contributed by atoms with E-state index in [9.17, 15) is 0 Å². The summed E-state index contributed by atoms with van der Waals surface area (Å²) in [6.07, 6.45) is 0. The molecule has 1 nitrogen and oxygen atoms in total. The molecule has 0 amide bonds. The highest BCUT2D eigenvalue weighted by Gasteiger charge is 1.97. The number of anilines is 1. The van der Waals surface area contributed by atoms with Gasteiger partial charge in [0, 0.05) is 16.7 Å². The zero-order valence-electron chi connectivity index (χ0n) is 8.46. The standard InChI is InChI=1S/C12H12BrNS/c1-9-4-11(13)6-12(5-9)14-7-10-2-3-15-8-10/h2-6,8,14H,7H2,1H3. The van der Waals surface area contributed by atoms with Gasteiger partial charge in [-0.05, 0) is 53.1 Å². The maximum atomic E-state index is 3.49. The van der Waals surface area contributed by atoms with Crippen molar-refractivity contribution in [3.05, 3.63) is 50.6 Å². The molecule has 0 atom stereocenters. The molecule has 0 radical (unpaired) electrons. The van der Waals surface area contributed by atoms with Gasteiger partial charge in [-0.15, -0.1) is 0 Å². The van der Waals surface area contributed by atoms with Gasteiger partial charge < -0.3 is 5.32 Å². The van der Waals surface area contributed by atoms with E-state index < -0.39 is 0 Å². The minimum absolute atomic E-state index is 0.888. The first-order chi connectivity index (χ1) is 7.24. The fourth-order valence-electron chi connectivity index (χ4n) is 1.44. The van der Waals surface area contributed by atoms with Crippen molar-refractivity contribution in [2.75, 3.05) is 5.32 Å². The van der Waals surface area contributed by atoms with Crippen LogP contribution in [0.4, 0.5) is 5.69 Å². The van der Waals surface area contributed by atoms with E-state index in [0.29, 0.717) is 0 Å². The molecule has 0 fully saturated rings. The molecule has 3 heteroatoms. The molecule has 0 saturated carbocycles. The summed E-state index contributed by atoms with van der Waals surface area (Å²) in [5, 5.41) is 7.67. The summed E-state index contributed by atoms with van der Waals surface area (Å²) in [6.45, 7) is 2.99. The second-order valence-electron chi connectivity index (χ2n) is 3.50. The average Bonchev–Trinajstić information content (AvgIpc) is 2.65. The van der Waals surface area contributed by atoms with E-state index in [1.54, 1.807) is 11.3 Å². The van der Waals surface area contributed by atoms with Gasteiger partial charge in [0.2, 0.25) is 0 Å². The summed E-state index contributed by atoms with van der Waals surface area (Å²) in [6, 6.07) is 8.49. The van der Waals surface area contributed by atoms with Gasteiger partial charge in [0.1, 0.15) is 0 Å². The van der Waals surface area contributed by atoms with Crippen LogP contribution in [0.5, 0.6) is 0 Å². The number of hydrogen-bond acceptors (Lipinski definition) is 2. The van der Waals surface area contributed by atoms with Crippen molar-refractivity contribution in [1.29, 1.82) is 0 Å². The van der Waals surface area contributed by atoms with Gasteiger partial charge in [-0.1, -0.05) is 15.9 Å². The lowest BCUT2D eigenvalue weighted by Gasteiger charge is -2.06. The van der Waals surface area contributed by atoms with Crippen molar-refractivity contribution in [1.82, 2.24) is 0 Å². The largest absolute Gasteiger partial charge is 0.381 e. The quantitative estimate of drug-likeness (QED) is 0.878. The molecular weight excluding hydrogens is 270 g/mol. The lowest BCUT2D eigenvalue weighted by Crippen LogP contribution is -1.98. The summed E-state index contributed by atoms with van der Waals surface area (Å²) in [5.41, 5.74) is 3.75. The summed E-state index contributed by atoms with van der Waals surface area (Å²) in [4.78, 5) is 0. The maximum absolute atomic E-state index is 3.49. The fourth-order valence-corrected chi connectivity index (χ4v) is 2.71. The Morgan fingerprint density at radius 1 is 1.33 bits per heavy atom. The number of rotatable bonds is 3. The van der Waals surface area contributed by atoms with Crippen molar-refractivity contribution >= 4 is 33.0 Å². The van der Waals surface area contributed by atoms with Crippen LogP contribution in [0, 0.1) is 6.92 Å². The highest BCUT2D eigenvalue weighted by molar-refractivity contribution is 9.10. The van der Waals surface area contributed by atoms with Crippen LogP contribution < -0.4 is 5.32 Å². The van der Waals surface area contributed by atoms with Gasteiger partial charge >= 0.3 is 0 Å². The van der Waals surface area contributed by atoms with E-state index in [2.05, 4.69) is 63.2 Å². The summed E-state index contributed by atoms with van der Waals surface area (Å²) in [7, 11) is 0. The maximum Gasteiger partial charge on any atom is 0.0409 e. The third kappa shape index (κ3) is 3.08. The highest BCUT2D eigenvalue weighted by atomic mass is 79.9. The number of thiophene rings is 1. The van der Waals surface area contributed by atoms with Gasteiger partial charge in [0.05, 0.1) is 0 Å². The van der Waals surface area contributed by atoms with Gasteiger partial charge in [-0.25, -0.2) is 0 Å². The van der Waals surface area contributed by atoms with E-state index in [4.69, 9.17) is 0 Å². The predicted molar refractivity (Wildman–Crippen MR) is 70.5 cm³/mol. The van der Waals surface area contributed by atoms with Crippen LogP contribution in [0.3, 0.4) is 0 Å². The first kappa shape index (κ1) is 10.7. The minimum atomic E-state index is 0.888. The molecule has 0 saturated heterocycles. The zero-order chi connectivity index (χ0) is 10.7.